The third-order valence-electron chi connectivity index (χ3n) is 5.91. The first-order valence-corrected chi connectivity index (χ1v) is 11.2. The van der Waals surface area contributed by atoms with E-state index in [-0.39, 0.29) is 24.9 Å². The van der Waals surface area contributed by atoms with Gasteiger partial charge in [-0.1, -0.05) is 11.6 Å². The number of nitrogens with zero attached hydrogens (tertiary/aromatic N) is 4. The smallest absolute Gasteiger partial charge is 0.213 e. The molecule has 10 heteroatoms. The van der Waals surface area contributed by atoms with Gasteiger partial charge in [0.1, 0.15) is 18.3 Å². The molecule has 9 nitrogen and oxygen atoms in total. The number of pyridine rings is 2. The number of aliphatic hydroxyl groups is 1. The van der Waals surface area contributed by atoms with Crippen molar-refractivity contribution in [3.05, 3.63) is 65.9 Å². The van der Waals surface area contributed by atoms with E-state index in [1.807, 2.05) is 42.5 Å². The van der Waals surface area contributed by atoms with Gasteiger partial charge in [0.15, 0.2) is 17.8 Å². The molecule has 5 heterocycles. The van der Waals surface area contributed by atoms with Gasteiger partial charge in [-0.25, -0.2) is 9.97 Å². The Morgan fingerprint density at radius 3 is 2.41 bits per heavy atom. The SMILES string of the molecule is O[C@@H]1CO[C@H]2[C@@H]1OC[C@@H]2Oc1ccc(-c2ccc(-c3n[nH]c(-c4ccc(Cl)cc4)n3)cn2)cn1. The number of H-pyrrole nitrogens is 1. The van der Waals surface area contributed by atoms with Crippen molar-refractivity contribution in [1.82, 2.24) is 25.1 Å². The molecule has 0 spiro atoms. The molecule has 0 bridgehead atoms. The molecule has 0 aliphatic carbocycles. The molecule has 2 saturated heterocycles. The first kappa shape index (κ1) is 21.2. The predicted molar refractivity (Wildman–Crippen MR) is 123 cm³/mol. The highest BCUT2D eigenvalue weighted by molar-refractivity contribution is 6.30. The Bertz CT molecular complexity index is 1280. The summed E-state index contributed by atoms with van der Waals surface area (Å²) >= 11 is 5.95. The van der Waals surface area contributed by atoms with E-state index in [2.05, 4.69) is 25.1 Å². The van der Waals surface area contributed by atoms with Crippen LogP contribution in [0.25, 0.3) is 34.0 Å². The van der Waals surface area contributed by atoms with Crippen LogP contribution in [-0.2, 0) is 9.47 Å². The summed E-state index contributed by atoms with van der Waals surface area (Å²) in [7, 11) is 0. The molecule has 2 aliphatic rings. The number of nitrogens with one attached hydrogen (secondary N) is 1. The Balaban J connectivity index is 1.13. The van der Waals surface area contributed by atoms with Crippen LogP contribution in [0.4, 0.5) is 0 Å². The summed E-state index contributed by atoms with van der Waals surface area (Å²) in [6.07, 6.45) is 1.92. The number of ether oxygens (including phenoxy) is 3. The van der Waals surface area contributed by atoms with Gasteiger partial charge in [-0.3, -0.25) is 10.1 Å². The second-order valence-corrected chi connectivity index (χ2v) is 8.59. The highest BCUT2D eigenvalue weighted by Crippen LogP contribution is 2.30. The van der Waals surface area contributed by atoms with Crippen LogP contribution in [-0.4, -0.2) is 67.9 Å². The summed E-state index contributed by atoms with van der Waals surface area (Å²) in [6, 6.07) is 14.9. The van der Waals surface area contributed by atoms with E-state index in [9.17, 15) is 5.11 Å². The fraction of sp³-hybridized carbons (Fsp3) is 0.250. The Labute approximate surface area is 199 Å². The van der Waals surface area contributed by atoms with Crippen molar-refractivity contribution < 1.29 is 19.3 Å². The van der Waals surface area contributed by atoms with Crippen molar-refractivity contribution in [2.75, 3.05) is 13.2 Å². The first-order chi connectivity index (χ1) is 16.6. The quantitative estimate of drug-likeness (QED) is 0.450. The van der Waals surface area contributed by atoms with Gasteiger partial charge in [-0.15, -0.1) is 0 Å². The lowest BCUT2D eigenvalue weighted by molar-refractivity contribution is 0.00780. The lowest BCUT2D eigenvalue weighted by atomic mass is 10.1. The number of halogens is 1. The number of aromatic nitrogens is 5. The normalized spacial score (nSPS) is 23.7. The zero-order chi connectivity index (χ0) is 23.1. The molecule has 6 rings (SSSR count). The highest BCUT2D eigenvalue weighted by atomic mass is 35.5. The van der Waals surface area contributed by atoms with Crippen molar-refractivity contribution in [3.8, 4) is 39.9 Å². The fourth-order valence-corrected chi connectivity index (χ4v) is 4.25. The first-order valence-electron chi connectivity index (χ1n) is 10.8. The van der Waals surface area contributed by atoms with Crippen LogP contribution < -0.4 is 4.74 Å². The van der Waals surface area contributed by atoms with Gasteiger partial charge in [0.05, 0.1) is 18.9 Å². The van der Waals surface area contributed by atoms with E-state index in [0.717, 1.165) is 22.4 Å². The van der Waals surface area contributed by atoms with Gasteiger partial charge in [0, 0.05) is 40.2 Å². The second kappa shape index (κ2) is 8.77. The maximum absolute atomic E-state index is 9.86. The van der Waals surface area contributed by atoms with E-state index in [1.165, 1.54) is 0 Å². The van der Waals surface area contributed by atoms with Crippen molar-refractivity contribution in [1.29, 1.82) is 0 Å². The van der Waals surface area contributed by atoms with Gasteiger partial charge in [0.25, 0.3) is 0 Å². The predicted octanol–water partition coefficient (Wildman–Crippen LogP) is 3.16. The molecule has 0 saturated carbocycles. The minimum absolute atomic E-state index is 0.263. The standard InChI is InChI=1S/C24H20ClN5O4/c25-16-5-1-13(2-6-16)23-28-24(30-29-23)15-3-7-17(26-10-15)14-4-8-20(27-9-14)34-19-12-33-21-18(31)11-32-22(19)21/h1-10,18-19,21-22,31H,11-12H2,(H,28,29,30)/t18-,19+,21-,22-/m1/s1. The summed E-state index contributed by atoms with van der Waals surface area (Å²) in [6.45, 7) is 0.624. The summed E-state index contributed by atoms with van der Waals surface area (Å²) < 4.78 is 17.1. The average Bonchev–Trinajstić information content (AvgIpc) is 3.60. The Kier molecular flexibility index (Phi) is 5.46. The van der Waals surface area contributed by atoms with Gasteiger partial charge < -0.3 is 19.3 Å². The minimum atomic E-state index is -0.608. The van der Waals surface area contributed by atoms with Crippen LogP contribution in [0.3, 0.4) is 0 Å². The zero-order valence-electron chi connectivity index (χ0n) is 17.8. The summed E-state index contributed by atoms with van der Waals surface area (Å²) in [5.41, 5.74) is 3.31. The largest absolute Gasteiger partial charge is 0.469 e. The number of fused-ring (bicyclic) bond motifs is 1. The van der Waals surface area contributed by atoms with E-state index in [4.69, 9.17) is 25.8 Å². The molecule has 0 unspecified atom stereocenters. The molecule has 4 aromatic rings. The number of aliphatic hydroxyl groups excluding tert-OH is 1. The Morgan fingerprint density at radius 1 is 0.882 bits per heavy atom. The number of rotatable bonds is 5. The zero-order valence-corrected chi connectivity index (χ0v) is 18.6. The lowest BCUT2D eigenvalue weighted by Crippen LogP contribution is -2.34. The summed E-state index contributed by atoms with van der Waals surface area (Å²) in [5.74, 6) is 1.68. The average molecular weight is 478 g/mol. The van der Waals surface area contributed by atoms with E-state index < -0.39 is 6.10 Å². The van der Waals surface area contributed by atoms with Crippen molar-refractivity contribution >= 4 is 11.6 Å². The maximum atomic E-state index is 9.86. The molecule has 2 fully saturated rings. The molecule has 172 valence electrons. The van der Waals surface area contributed by atoms with Crippen molar-refractivity contribution in [3.63, 3.8) is 0 Å². The number of hydrogen-bond donors (Lipinski definition) is 2. The van der Waals surface area contributed by atoms with Gasteiger partial charge in [0.2, 0.25) is 5.88 Å². The van der Waals surface area contributed by atoms with Crippen LogP contribution in [0.15, 0.2) is 60.9 Å². The van der Waals surface area contributed by atoms with Gasteiger partial charge >= 0.3 is 0 Å². The molecule has 34 heavy (non-hydrogen) atoms. The molecular weight excluding hydrogens is 458 g/mol. The number of hydrogen-bond acceptors (Lipinski definition) is 8. The van der Waals surface area contributed by atoms with Crippen molar-refractivity contribution in [2.45, 2.75) is 24.4 Å². The monoisotopic (exact) mass is 477 g/mol. The second-order valence-electron chi connectivity index (χ2n) is 8.15. The molecule has 1 aromatic carbocycles. The molecule has 0 amide bonds. The van der Waals surface area contributed by atoms with E-state index in [0.29, 0.717) is 29.2 Å². The molecule has 2 N–H and O–H groups in total. The maximum Gasteiger partial charge on any atom is 0.213 e. The van der Waals surface area contributed by atoms with Crippen LogP contribution in [0.2, 0.25) is 5.02 Å². The van der Waals surface area contributed by atoms with Gasteiger partial charge in [-0.05, 0) is 42.5 Å². The Hall–Kier alpha value is -3.37. The minimum Gasteiger partial charge on any atom is -0.469 e. The highest BCUT2D eigenvalue weighted by Gasteiger charge is 2.48. The fourth-order valence-electron chi connectivity index (χ4n) is 4.13. The lowest BCUT2D eigenvalue weighted by Gasteiger charge is -2.17. The Morgan fingerprint density at radius 2 is 1.65 bits per heavy atom. The number of aromatic amines is 1. The molecular formula is C24H20ClN5O4. The summed E-state index contributed by atoms with van der Waals surface area (Å²) in [5, 5.41) is 17.8. The molecule has 3 aromatic heterocycles. The molecule has 0 radical (unpaired) electrons. The summed E-state index contributed by atoms with van der Waals surface area (Å²) in [4.78, 5) is 13.5. The molecule has 4 atom stereocenters. The van der Waals surface area contributed by atoms with Crippen LogP contribution in [0.5, 0.6) is 5.88 Å². The third kappa shape index (κ3) is 4.03. The van der Waals surface area contributed by atoms with Gasteiger partial charge in [-0.2, -0.15) is 5.10 Å². The number of benzene rings is 1. The van der Waals surface area contributed by atoms with E-state index >= 15 is 0 Å². The van der Waals surface area contributed by atoms with Crippen LogP contribution in [0.1, 0.15) is 0 Å². The molecule has 2 aliphatic heterocycles. The third-order valence-corrected chi connectivity index (χ3v) is 6.16. The van der Waals surface area contributed by atoms with Crippen LogP contribution >= 0.6 is 11.6 Å². The van der Waals surface area contributed by atoms with E-state index in [1.54, 1.807) is 18.5 Å². The topological polar surface area (TPSA) is 115 Å². The van der Waals surface area contributed by atoms with Crippen molar-refractivity contribution in [2.24, 2.45) is 0 Å². The van der Waals surface area contributed by atoms with Crippen LogP contribution in [0, 0.1) is 0 Å².